The van der Waals surface area contributed by atoms with Gasteiger partial charge in [0.2, 0.25) is 0 Å². The Morgan fingerprint density at radius 3 is 2.36 bits per heavy atom. The third-order valence-electron chi connectivity index (χ3n) is 4.04. The van der Waals surface area contributed by atoms with Gasteiger partial charge in [-0.15, -0.1) is 0 Å². The number of rotatable bonds is 6. The van der Waals surface area contributed by atoms with E-state index in [1.165, 1.54) is 18.2 Å². The van der Waals surface area contributed by atoms with E-state index in [4.69, 9.17) is 4.74 Å². The van der Waals surface area contributed by atoms with Crippen LogP contribution in [0.3, 0.4) is 0 Å². The van der Waals surface area contributed by atoms with Crippen molar-refractivity contribution in [1.29, 1.82) is 0 Å². The summed E-state index contributed by atoms with van der Waals surface area (Å²) in [6, 6.07) is 21.2. The number of allylic oxidation sites excluding steroid dienone is 1. The first-order chi connectivity index (χ1) is 13.4. The lowest BCUT2D eigenvalue weighted by Crippen LogP contribution is -2.06. The van der Waals surface area contributed by atoms with Crippen LogP contribution in [-0.4, -0.2) is 5.78 Å². The fourth-order valence-corrected chi connectivity index (χ4v) is 2.60. The molecular formula is C23H17F3O2. The van der Waals surface area contributed by atoms with Gasteiger partial charge in [-0.3, -0.25) is 4.79 Å². The molecule has 3 aromatic carbocycles. The maximum atomic E-state index is 12.8. The monoisotopic (exact) mass is 382 g/mol. The van der Waals surface area contributed by atoms with E-state index in [9.17, 15) is 18.0 Å². The summed E-state index contributed by atoms with van der Waals surface area (Å²) in [6.07, 6.45) is -1.69. The zero-order valence-corrected chi connectivity index (χ0v) is 14.8. The van der Waals surface area contributed by atoms with Crippen LogP contribution in [0.1, 0.15) is 27.0 Å². The Morgan fingerprint density at radius 2 is 1.61 bits per heavy atom. The van der Waals surface area contributed by atoms with Gasteiger partial charge in [0.15, 0.2) is 5.78 Å². The predicted octanol–water partition coefficient (Wildman–Crippen LogP) is 6.18. The summed E-state index contributed by atoms with van der Waals surface area (Å²) in [5, 5.41) is 0. The molecule has 0 aromatic heterocycles. The van der Waals surface area contributed by atoms with E-state index in [1.807, 2.05) is 36.4 Å². The van der Waals surface area contributed by atoms with Crippen LogP contribution in [-0.2, 0) is 12.8 Å². The molecule has 0 saturated carbocycles. The van der Waals surface area contributed by atoms with Gasteiger partial charge in [0.1, 0.15) is 12.4 Å². The Kier molecular flexibility index (Phi) is 5.94. The summed E-state index contributed by atoms with van der Waals surface area (Å²) >= 11 is 0. The lowest BCUT2D eigenvalue weighted by Gasteiger charge is -2.09. The summed E-state index contributed by atoms with van der Waals surface area (Å²) in [4.78, 5) is 12.3. The highest BCUT2D eigenvalue weighted by atomic mass is 19.4. The van der Waals surface area contributed by atoms with Crippen molar-refractivity contribution in [2.24, 2.45) is 0 Å². The summed E-state index contributed by atoms with van der Waals surface area (Å²) in [5.74, 6) is 0.0726. The van der Waals surface area contributed by atoms with Crippen LogP contribution in [0.5, 0.6) is 5.75 Å². The van der Waals surface area contributed by atoms with Gasteiger partial charge >= 0.3 is 6.18 Å². The van der Waals surface area contributed by atoms with Gasteiger partial charge in [-0.2, -0.15) is 13.2 Å². The molecule has 2 nitrogen and oxygen atoms in total. The maximum absolute atomic E-state index is 12.8. The quantitative estimate of drug-likeness (QED) is 0.376. The van der Waals surface area contributed by atoms with E-state index in [2.05, 4.69) is 0 Å². The normalized spacial score (nSPS) is 11.5. The molecule has 0 fully saturated rings. The number of hydrogen-bond acceptors (Lipinski definition) is 2. The fraction of sp³-hybridized carbons (Fsp3) is 0.0870. The zero-order chi connectivity index (χ0) is 20.0. The van der Waals surface area contributed by atoms with Crippen LogP contribution in [0, 0.1) is 0 Å². The first-order valence-electron chi connectivity index (χ1n) is 8.59. The minimum absolute atomic E-state index is 0.0197. The van der Waals surface area contributed by atoms with E-state index < -0.39 is 17.5 Å². The van der Waals surface area contributed by atoms with E-state index in [-0.39, 0.29) is 5.56 Å². The molecule has 0 aliphatic carbocycles. The van der Waals surface area contributed by atoms with Crippen LogP contribution in [0.15, 0.2) is 84.9 Å². The van der Waals surface area contributed by atoms with Gasteiger partial charge in [0.25, 0.3) is 0 Å². The topological polar surface area (TPSA) is 26.3 Å². The Bertz CT molecular complexity index is 976. The summed E-state index contributed by atoms with van der Waals surface area (Å²) in [5.41, 5.74) is 0.798. The van der Waals surface area contributed by atoms with Crippen molar-refractivity contribution in [2.75, 3.05) is 0 Å². The molecule has 0 saturated heterocycles. The Morgan fingerprint density at radius 1 is 0.893 bits per heavy atom. The predicted molar refractivity (Wildman–Crippen MR) is 102 cm³/mol. The third-order valence-corrected chi connectivity index (χ3v) is 4.04. The highest BCUT2D eigenvalue weighted by molar-refractivity contribution is 6.07. The van der Waals surface area contributed by atoms with Crippen LogP contribution in [0.4, 0.5) is 13.2 Å². The van der Waals surface area contributed by atoms with E-state index >= 15 is 0 Å². The molecule has 0 N–H and O–H groups in total. The Hall–Kier alpha value is -3.34. The van der Waals surface area contributed by atoms with Crippen LogP contribution in [0.2, 0.25) is 0 Å². The van der Waals surface area contributed by atoms with Gasteiger partial charge < -0.3 is 4.74 Å². The molecule has 0 amide bonds. The molecule has 0 unspecified atom stereocenters. The van der Waals surface area contributed by atoms with Crippen LogP contribution < -0.4 is 4.74 Å². The molecule has 3 rings (SSSR count). The minimum Gasteiger partial charge on any atom is -0.488 e. The molecule has 0 aliphatic rings. The van der Waals surface area contributed by atoms with Crippen molar-refractivity contribution in [3.05, 3.63) is 107 Å². The summed E-state index contributed by atoms with van der Waals surface area (Å²) in [7, 11) is 0. The van der Waals surface area contributed by atoms with Gasteiger partial charge in [-0.05, 0) is 35.9 Å². The lowest BCUT2D eigenvalue weighted by atomic mass is 10.1. The largest absolute Gasteiger partial charge is 0.488 e. The molecule has 0 spiro atoms. The number of halogens is 3. The van der Waals surface area contributed by atoms with Gasteiger partial charge in [-0.25, -0.2) is 0 Å². The zero-order valence-electron chi connectivity index (χ0n) is 14.8. The number of carbonyl (C=O) groups excluding carboxylic acids is 1. The lowest BCUT2D eigenvalue weighted by molar-refractivity contribution is -0.137. The molecule has 0 bridgehead atoms. The van der Waals surface area contributed by atoms with Gasteiger partial charge in [-0.1, -0.05) is 60.7 Å². The average Bonchev–Trinajstić information content (AvgIpc) is 2.71. The van der Waals surface area contributed by atoms with Crippen molar-refractivity contribution in [3.63, 3.8) is 0 Å². The first kappa shape index (κ1) is 19.4. The van der Waals surface area contributed by atoms with Crippen molar-refractivity contribution < 1.29 is 22.7 Å². The SMILES string of the molecule is O=C(C=Cc1ccccc1OCc1ccccc1)c1cccc(C(F)(F)F)c1. The van der Waals surface area contributed by atoms with E-state index in [1.54, 1.807) is 24.3 Å². The Labute approximate surface area is 160 Å². The van der Waals surface area contributed by atoms with Crippen molar-refractivity contribution in [1.82, 2.24) is 0 Å². The minimum atomic E-state index is -4.49. The number of para-hydroxylation sites is 1. The molecule has 28 heavy (non-hydrogen) atoms. The Balaban J connectivity index is 1.75. The van der Waals surface area contributed by atoms with Crippen molar-refractivity contribution >= 4 is 11.9 Å². The molecular weight excluding hydrogens is 365 g/mol. The molecule has 0 heterocycles. The number of alkyl halides is 3. The van der Waals surface area contributed by atoms with E-state index in [0.717, 1.165) is 17.7 Å². The number of ketones is 1. The fourth-order valence-electron chi connectivity index (χ4n) is 2.60. The smallest absolute Gasteiger partial charge is 0.416 e. The standard InChI is InChI=1S/C23H17F3O2/c24-23(25,26)20-11-6-10-19(15-20)21(27)14-13-18-9-4-5-12-22(18)28-16-17-7-2-1-3-8-17/h1-15H,16H2. The molecule has 0 radical (unpaired) electrons. The molecule has 142 valence electrons. The molecule has 5 heteroatoms. The number of benzene rings is 3. The third kappa shape index (κ3) is 5.10. The van der Waals surface area contributed by atoms with Crippen molar-refractivity contribution in [2.45, 2.75) is 12.8 Å². The average molecular weight is 382 g/mol. The van der Waals surface area contributed by atoms with Crippen LogP contribution >= 0.6 is 0 Å². The summed E-state index contributed by atoms with van der Waals surface area (Å²) in [6.45, 7) is 0.368. The second-order valence-electron chi connectivity index (χ2n) is 6.09. The number of hydrogen-bond donors (Lipinski definition) is 0. The second-order valence-corrected chi connectivity index (χ2v) is 6.09. The second kappa shape index (κ2) is 8.57. The highest BCUT2D eigenvalue weighted by Gasteiger charge is 2.30. The van der Waals surface area contributed by atoms with Gasteiger partial charge in [0.05, 0.1) is 5.56 Å². The number of ether oxygens (including phenoxy) is 1. The van der Waals surface area contributed by atoms with Crippen molar-refractivity contribution in [3.8, 4) is 5.75 Å². The summed E-state index contributed by atoms with van der Waals surface area (Å²) < 4.78 is 44.3. The molecule has 3 aromatic rings. The maximum Gasteiger partial charge on any atom is 0.416 e. The first-order valence-corrected chi connectivity index (χ1v) is 8.59. The highest BCUT2D eigenvalue weighted by Crippen LogP contribution is 2.29. The van der Waals surface area contributed by atoms with Gasteiger partial charge in [0, 0.05) is 11.1 Å². The van der Waals surface area contributed by atoms with E-state index in [0.29, 0.717) is 17.9 Å². The number of carbonyl (C=O) groups is 1. The molecule has 0 atom stereocenters. The van der Waals surface area contributed by atoms with Crippen LogP contribution in [0.25, 0.3) is 6.08 Å². The molecule has 0 aliphatic heterocycles.